The molecular formula is C22H27N5O3S. The highest BCUT2D eigenvalue weighted by atomic mass is 32.2. The third kappa shape index (κ3) is 4.27. The number of piperazine rings is 1. The minimum atomic E-state index is -0.0963. The fourth-order valence-corrected chi connectivity index (χ4v) is 4.87. The van der Waals surface area contributed by atoms with E-state index >= 15 is 0 Å². The molecule has 4 rings (SSSR count). The molecule has 1 saturated heterocycles. The Morgan fingerprint density at radius 1 is 1.23 bits per heavy atom. The van der Waals surface area contributed by atoms with Crippen molar-refractivity contribution < 1.29 is 9.53 Å². The summed E-state index contributed by atoms with van der Waals surface area (Å²) in [5.41, 5.74) is 3.02. The molecule has 8 nitrogen and oxygen atoms in total. The standard InChI is InChI=1S/C22H27N5O3S/c1-4-27-21(29)20-16(13-15(2)23-20)24-22(27)31-14-19(28)26-11-9-25(10-12-26)17-7-5-6-8-18(17)30-3/h5-8,13,23H,4,9-12,14H2,1-3H3. The number of ether oxygens (including phenoxy) is 1. The third-order valence-electron chi connectivity index (χ3n) is 5.54. The topological polar surface area (TPSA) is 83.5 Å². The van der Waals surface area contributed by atoms with Crippen molar-refractivity contribution in [1.29, 1.82) is 0 Å². The predicted molar refractivity (Wildman–Crippen MR) is 123 cm³/mol. The molecule has 0 aliphatic carbocycles. The SMILES string of the molecule is CCn1c(SCC(=O)N2CCN(c3ccccc3OC)CC2)nc2cc(C)[nH]c2c1=O. The van der Waals surface area contributed by atoms with E-state index in [1.54, 1.807) is 11.7 Å². The van der Waals surface area contributed by atoms with Crippen LogP contribution >= 0.6 is 11.8 Å². The summed E-state index contributed by atoms with van der Waals surface area (Å²) >= 11 is 1.33. The van der Waals surface area contributed by atoms with Gasteiger partial charge in [0.05, 0.1) is 24.1 Å². The minimum Gasteiger partial charge on any atom is -0.495 e. The number of carbonyl (C=O) groups excluding carboxylic acids is 1. The Bertz CT molecular complexity index is 1150. The highest BCUT2D eigenvalue weighted by Gasteiger charge is 2.23. The number of rotatable bonds is 6. The first-order valence-corrected chi connectivity index (χ1v) is 11.4. The van der Waals surface area contributed by atoms with Crippen LogP contribution in [-0.4, -0.2) is 64.4 Å². The molecule has 0 saturated carbocycles. The van der Waals surface area contributed by atoms with Gasteiger partial charge in [0, 0.05) is 38.4 Å². The van der Waals surface area contributed by atoms with Gasteiger partial charge in [0.25, 0.3) is 5.56 Å². The van der Waals surface area contributed by atoms with Crippen LogP contribution in [0.1, 0.15) is 12.6 Å². The molecule has 1 fully saturated rings. The number of aromatic nitrogens is 3. The third-order valence-corrected chi connectivity index (χ3v) is 6.50. The van der Waals surface area contributed by atoms with Crippen LogP contribution in [0, 0.1) is 6.92 Å². The highest BCUT2D eigenvalue weighted by Crippen LogP contribution is 2.28. The van der Waals surface area contributed by atoms with Crippen LogP contribution in [0.4, 0.5) is 5.69 Å². The summed E-state index contributed by atoms with van der Waals surface area (Å²) in [7, 11) is 1.67. The molecule has 9 heteroatoms. The minimum absolute atomic E-state index is 0.0620. The molecular weight excluding hydrogens is 414 g/mol. The molecule has 3 aromatic rings. The Balaban J connectivity index is 1.40. The zero-order valence-electron chi connectivity index (χ0n) is 18.1. The van der Waals surface area contributed by atoms with Gasteiger partial charge in [-0.3, -0.25) is 14.2 Å². The highest BCUT2D eigenvalue weighted by molar-refractivity contribution is 7.99. The van der Waals surface area contributed by atoms with Gasteiger partial charge in [0.15, 0.2) is 5.16 Å². The number of H-pyrrole nitrogens is 1. The van der Waals surface area contributed by atoms with Crippen molar-refractivity contribution in [3.63, 3.8) is 0 Å². The lowest BCUT2D eigenvalue weighted by atomic mass is 10.2. The summed E-state index contributed by atoms with van der Waals surface area (Å²) < 4.78 is 7.08. The number of fused-ring (bicyclic) bond motifs is 1. The zero-order valence-corrected chi connectivity index (χ0v) is 18.9. The van der Waals surface area contributed by atoms with E-state index in [1.807, 2.05) is 49.1 Å². The number of carbonyl (C=O) groups is 1. The normalized spacial score (nSPS) is 14.3. The van der Waals surface area contributed by atoms with Crippen LogP contribution in [0.25, 0.3) is 11.0 Å². The number of methoxy groups -OCH3 is 1. The van der Waals surface area contributed by atoms with Gasteiger partial charge in [-0.15, -0.1) is 0 Å². The van der Waals surface area contributed by atoms with Gasteiger partial charge in [0.1, 0.15) is 11.3 Å². The number of amides is 1. The van der Waals surface area contributed by atoms with Crippen molar-refractivity contribution in [1.82, 2.24) is 19.4 Å². The van der Waals surface area contributed by atoms with Gasteiger partial charge in [-0.05, 0) is 32.0 Å². The van der Waals surface area contributed by atoms with Crippen molar-refractivity contribution in [3.8, 4) is 5.75 Å². The molecule has 0 bridgehead atoms. The van der Waals surface area contributed by atoms with Crippen molar-refractivity contribution in [2.24, 2.45) is 0 Å². The summed E-state index contributed by atoms with van der Waals surface area (Å²) in [6.45, 7) is 7.13. The maximum Gasteiger partial charge on any atom is 0.278 e. The molecule has 3 heterocycles. The number of anilines is 1. The van der Waals surface area contributed by atoms with Crippen molar-refractivity contribution in [2.45, 2.75) is 25.5 Å². The second kappa shape index (κ2) is 9.05. The van der Waals surface area contributed by atoms with Gasteiger partial charge in [-0.1, -0.05) is 23.9 Å². The van der Waals surface area contributed by atoms with E-state index in [0.717, 1.165) is 30.2 Å². The monoisotopic (exact) mass is 441 g/mol. The van der Waals surface area contributed by atoms with E-state index in [0.29, 0.717) is 35.8 Å². The first kappa shape index (κ1) is 21.3. The van der Waals surface area contributed by atoms with Gasteiger partial charge in [-0.2, -0.15) is 0 Å². The second-order valence-electron chi connectivity index (χ2n) is 7.48. The van der Waals surface area contributed by atoms with Crippen LogP contribution in [0.15, 0.2) is 40.3 Å². The first-order chi connectivity index (χ1) is 15.0. The van der Waals surface area contributed by atoms with Crippen LogP contribution in [0.3, 0.4) is 0 Å². The number of hydrogen-bond acceptors (Lipinski definition) is 6. The summed E-state index contributed by atoms with van der Waals surface area (Å²) in [5.74, 6) is 1.17. The van der Waals surface area contributed by atoms with E-state index in [2.05, 4.69) is 14.9 Å². The number of aromatic amines is 1. The number of hydrogen-bond donors (Lipinski definition) is 1. The largest absolute Gasteiger partial charge is 0.495 e. The Kier molecular flexibility index (Phi) is 6.22. The van der Waals surface area contributed by atoms with Crippen molar-refractivity contribution in [3.05, 3.63) is 46.4 Å². The summed E-state index contributed by atoms with van der Waals surface area (Å²) in [4.78, 5) is 37.4. The number of para-hydroxylation sites is 2. The molecule has 0 radical (unpaired) electrons. The van der Waals surface area contributed by atoms with Crippen molar-refractivity contribution in [2.75, 3.05) is 43.9 Å². The molecule has 1 aliphatic heterocycles. The average Bonchev–Trinajstić information content (AvgIpc) is 3.18. The molecule has 2 aromatic heterocycles. The van der Waals surface area contributed by atoms with E-state index in [1.165, 1.54) is 11.8 Å². The van der Waals surface area contributed by atoms with Crippen LogP contribution in [0.5, 0.6) is 5.75 Å². The molecule has 164 valence electrons. The second-order valence-corrected chi connectivity index (χ2v) is 8.43. The van der Waals surface area contributed by atoms with Gasteiger partial charge in [-0.25, -0.2) is 4.98 Å². The smallest absolute Gasteiger partial charge is 0.278 e. The molecule has 1 aromatic carbocycles. The fraction of sp³-hybridized carbons (Fsp3) is 0.409. The Labute approximate surface area is 185 Å². The summed E-state index contributed by atoms with van der Waals surface area (Å²) in [5, 5.41) is 0.583. The molecule has 1 aliphatic rings. The van der Waals surface area contributed by atoms with Crippen LogP contribution in [-0.2, 0) is 11.3 Å². The van der Waals surface area contributed by atoms with Gasteiger partial charge in [0.2, 0.25) is 5.91 Å². The molecule has 0 unspecified atom stereocenters. The molecule has 1 amide bonds. The summed E-state index contributed by atoms with van der Waals surface area (Å²) in [6.07, 6.45) is 0. The van der Waals surface area contributed by atoms with E-state index in [9.17, 15) is 9.59 Å². The lowest BCUT2D eigenvalue weighted by Crippen LogP contribution is -2.49. The van der Waals surface area contributed by atoms with E-state index < -0.39 is 0 Å². The number of nitrogens with one attached hydrogen (secondary N) is 1. The zero-order chi connectivity index (χ0) is 22.0. The summed E-state index contributed by atoms with van der Waals surface area (Å²) in [6, 6.07) is 9.80. The Morgan fingerprint density at radius 3 is 2.68 bits per heavy atom. The number of nitrogens with zero attached hydrogens (tertiary/aromatic N) is 4. The number of thioether (sulfide) groups is 1. The Morgan fingerprint density at radius 2 is 1.97 bits per heavy atom. The van der Waals surface area contributed by atoms with Gasteiger partial charge < -0.3 is 19.5 Å². The van der Waals surface area contributed by atoms with Gasteiger partial charge >= 0.3 is 0 Å². The van der Waals surface area contributed by atoms with E-state index in [4.69, 9.17) is 4.74 Å². The van der Waals surface area contributed by atoms with E-state index in [-0.39, 0.29) is 17.2 Å². The predicted octanol–water partition coefficient (Wildman–Crippen LogP) is 2.50. The lowest BCUT2D eigenvalue weighted by molar-refractivity contribution is -0.128. The average molecular weight is 442 g/mol. The van der Waals surface area contributed by atoms with Crippen LogP contribution < -0.4 is 15.2 Å². The number of benzene rings is 1. The maximum atomic E-state index is 12.8. The molecule has 0 atom stereocenters. The number of aryl methyl sites for hydroxylation is 1. The fourth-order valence-electron chi connectivity index (χ4n) is 3.91. The molecule has 0 spiro atoms. The van der Waals surface area contributed by atoms with Crippen molar-refractivity contribution >= 4 is 34.4 Å². The first-order valence-electron chi connectivity index (χ1n) is 10.4. The molecule has 31 heavy (non-hydrogen) atoms. The lowest BCUT2D eigenvalue weighted by Gasteiger charge is -2.36. The van der Waals surface area contributed by atoms with Crippen LogP contribution in [0.2, 0.25) is 0 Å². The maximum absolute atomic E-state index is 12.8. The quantitative estimate of drug-likeness (QED) is 0.468. The molecule has 1 N–H and O–H groups in total. The Hall–Kier alpha value is -2.94.